The Morgan fingerprint density at radius 2 is 2.29 bits per heavy atom. The van der Waals surface area contributed by atoms with E-state index in [0.29, 0.717) is 11.2 Å². The zero-order valence-corrected chi connectivity index (χ0v) is 9.25. The fraction of sp³-hybridized carbons (Fsp3) is 0.769. The first kappa shape index (κ1) is 9.95. The first-order valence-electron chi connectivity index (χ1n) is 5.79. The Balaban J connectivity index is 2.00. The van der Waals surface area contributed by atoms with Crippen molar-refractivity contribution in [2.75, 3.05) is 0 Å². The monoisotopic (exact) mass is 192 g/mol. The molecule has 2 aliphatic rings. The lowest BCUT2D eigenvalue weighted by molar-refractivity contribution is -0.117. The van der Waals surface area contributed by atoms with Gasteiger partial charge in [-0.15, -0.1) is 0 Å². The Hall–Kier alpha value is -0.590. The molecule has 0 aromatic carbocycles. The summed E-state index contributed by atoms with van der Waals surface area (Å²) in [6.07, 6.45) is 9.83. The van der Waals surface area contributed by atoms with Crippen molar-refractivity contribution >= 4 is 5.78 Å². The highest BCUT2D eigenvalue weighted by atomic mass is 16.1. The molecule has 3 atom stereocenters. The summed E-state index contributed by atoms with van der Waals surface area (Å²) < 4.78 is 0. The highest BCUT2D eigenvalue weighted by molar-refractivity contribution is 5.90. The number of carbonyl (C=O) groups excluding carboxylic acids is 1. The van der Waals surface area contributed by atoms with E-state index in [4.69, 9.17) is 0 Å². The lowest BCUT2D eigenvalue weighted by atomic mass is 9.71. The minimum absolute atomic E-state index is 0.322. The third-order valence-corrected chi connectivity index (χ3v) is 4.21. The molecule has 78 valence electrons. The molecule has 0 N–H and O–H groups in total. The van der Waals surface area contributed by atoms with Gasteiger partial charge in [0.2, 0.25) is 0 Å². The van der Waals surface area contributed by atoms with Gasteiger partial charge in [-0.25, -0.2) is 0 Å². The van der Waals surface area contributed by atoms with Gasteiger partial charge < -0.3 is 0 Å². The van der Waals surface area contributed by atoms with Crippen molar-refractivity contribution < 1.29 is 4.79 Å². The summed E-state index contributed by atoms with van der Waals surface area (Å²) in [7, 11) is 0. The third kappa shape index (κ3) is 1.65. The van der Waals surface area contributed by atoms with Gasteiger partial charge in [-0.3, -0.25) is 4.79 Å². The molecule has 0 aliphatic heterocycles. The lowest BCUT2D eigenvalue weighted by Gasteiger charge is -2.33. The van der Waals surface area contributed by atoms with E-state index in [1.165, 1.54) is 25.7 Å². The maximum absolute atomic E-state index is 11.6. The molecule has 2 bridgehead atoms. The van der Waals surface area contributed by atoms with E-state index in [1.807, 2.05) is 13.0 Å². The molecule has 1 nitrogen and oxygen atoms in total. The van der Waals surface area contributed by atoms with Gasteiger partial charge in [0.1, 0.15) is 0 Å². The van der Waals surface area contributed by atoms with Crippen molar-refractivity contribution in [2.24, 2.45) is 17.3 Å². The molecule has 1 heteroatoms. The Morgan fingerprint density at radius 1 is 1.50 bits per heavy atom. The molecule has 0 aromatic rings. The van der Waals surface area contributed by atoms with Crippen LogP contribution in [0.3, 0.4) is 0 Å². The maximum atomic E-state index is 11.6. The summed E-state index contributed by atoms with van der Waals surface area (Å²) in [5, 5.41) is 0. The second-order valence-electron chi connectivity index (χ2n) is 5.38. The van der Waals surface area contributed by atoms with Crippen LogP contribution in [-0.2, 0) is 4.79 Å². The second-order valence-corrected chi connectivity index (χ2v) is 5.38. The van der Waals surface area contributed by atoms with E-state index in [2.05, 4.69) is 6.92 Å². The van der Waals surface area contributed by atoms with Gasteiger partial charge in [-0.1, -0.05) is 19.4 Å². The lowest BCUT2D eigenvalue weighted by Crippen LogP contribution is -2.26. The normalized spacial score (nSPS) is 41.0. The summed E-state index contributed by atoms with van der Waals surface area (Å²) in [6, 6.07) is 0. The van der Waals surface area contributed by atoms with Crippen molar-refractivity contribution in [1.29, 1.82) is 0 Å². The van der Waals surface area contributed by atoms with Crippen LogP contribution in [0.15, 0.2) is 12.2 Å². The molecule has 0 amide bonds. The fourth-order valence-corrected chi connectivity index (χ4v) is 3.58. The zero-order valence-electron chi connectivity index (χ0n) is 9.25. The van der Waals surface area contributed by atoms with Crippen LogP contribution in [0.1, 0.15) is 46.0 Å². The van der Waals surface area contributed by atoms with Gasteiger partial charge in [0.05, 0.1) is 0 Å². The quantitative estimate of drug-likeness (QED) is 0.627. The highest BCUT2D eigenvalue weighted by Crippen LogP contribution is 2.57. The predicted octanol–water partition coefficient (Wildman–Crippen LogP) is 3.35. The van der Waals surface area contributed by atoms with Crippen molar-refractivity contribution in [3.8, 4) is 0 Å². The van der Waals surface area contributed by atoms with E-state index < -0.39 is 0 Å². The van der Waals surface area contributed by atoms with E-state index in [0.717, 1.165) is 18.3 Å². The van der Waals surface area contributed by atoms with E-state index in [1.54, 1.807) is 6.08 Å². The average Bonchev–Trinajstić information content (AvgIpc) is 2.62. The van der Waals surface area contributed by atoms with Crippen LogP contribution >= 0.6 is 0 Å². The molecular weight excluding hydrogens is 172 g/mol. The number of rotatable bonds is 3. The Kier molecular flexibility index (Phi) is 2.50. The molecule has 3 unspecified atom stereocenters. The van der Waals surface area contributed by atoms with Crippen LogP contribution in [0, 0.1) is 17.3 Å². The summed E-state index contributed by atoms with van der Waals surface area (Å²) >= 11 is 0. The van der Waals surface area contributed by atoms with Crippen LogP contribution in [0.2, 0.25) is 0 Å². The Labute approximate surface area is 86.6 Å². The van der Waals surface area contributed by atoms with Gasteiger partial charge in [-0.05, 0) is 49.5 Å². The highest BCUT2D eigenvalue weighted by Gasteiger charge is 2.48. The molecule has 0 aromatic heterocycles. The van der Waals surface area contributed by atoms with Gasteiger partial charge in [0, 0.05) is 6.42 Å². The van der Waals surface area contributed by atoms with Crippen LogP contribution in [0.4, 0.5) is 0 Å². The van der Waals surface area contributed by atoms with E-state index in [9.17, 15) is 4.79 Å². The first-order valence-corrected chi connectivity index (χ1v) is 5.79. The van der Waals surface area contributed by atoms with Gasteiger partial charge in [0.15, 0.2) is 5.78 Å². The topological polar surface area (TPSA) is 17.1 Å². The van der Waals surface area contributed by atoms with Gasteiger partial charge in [-0.2, -0.15) is 0 Å². The molecule has 2 rings (SSSR count). The maximum Gasteiger partial charge on any atom is 0.155 e. The second kappa shape index (κ2) is 3.52. The van der Waals surface area contributed by atoms with Gasteiger partial charge >= 0.3 is 0 Å². The summed E-state index contributed by atoms with van der Waals surface area (Å²) in [5.74, 6) is 2.09. The molecule has 2 aliphatic carbocycles. The SMILES string of the molecule is C/C=C/C(=O)CC1(C)CC2CCC1C2. The fourth-order valence-electron chi connectivity index (χ4n) is 3.58. The van der Waals surface area contributed by atoms with Crippen molar-refractivity contribution in [2.45, 2.75) is 46.0 Å². The number of hydrogen-bond donors (Lipinski definition) is 0. The third-order valence-electron chi connectivity index (χ3n) is 4.21. The molecule has 14 heavy (non-hydrogen) atoms. The van der Waals surface area contributed by atoms with E-state index >= 15 is 0 Å². The summed E-state index contributed by atoms with van der Waals surface area (Å²) in [5.41, 5.74) is 0.333. The minimum Gasteiger partial charge on any atom is -0.295 e. The number of allylic oxidation sites excluding steroid dienone is 2. The Morgan fingerprint density at radius 3 is 2.79 bits per heavy atom. The molecule has 0 spiro atoms. The summed E-state index contributed by atoms with van der Waals surface area (Å²) in [6.45, 7) is 4.24. The zero-order chi connectivity index (χ0) is 10.2. The van der Waals surface area contributed by atoms with Crippen LogP contribution in [0.25, 0.3) is 0 Å². The predicted molar refractivity (Wildman–Crippen MR) is 58.0 cm³/mol. The molecule has 0 heterocycles. The first-order chi connectivity index (χ1) is 6.64. The molecule has 0 radical (unpaired) electrons. The number of fused-ring (bicyclic) bond motifs is 2. The summed E-state index contributed by atoms with van der Waals surface area (Å²) in [4.78, 5) is 11.6. The number of ketones is 1. The molecule has 2 fully saturated rings. The van der Waals surface area contributed by atoms with Crippen LogP contribution < -0.4 is 0 Å². The minimum atomic E-state index is 0.322. The largest absolute Gasteiger partial charge is 0.295 e. The van der Waals surface area contributed by atoms with Crippen molar-refractivity contribution in [3.63, 3.8) is 0 Å². The Bertz CT molecular complexity index is 266. The van der Waals surface area contributed by atoms with Gasteiger partial charge in [0.25, 0.3) is 0 Å². The molecule has 2 saturated carbocycles. The van der Waals surface area contributed by atoms with Crippen LogP contribution in [0.5, 0.6) is 0 Å². The smallest absolute Gasteiger partial charge is 0.155 e. The standard InChI is InChI=1S/C13H20O/c1-3-4-12(14)9-13(2)8-10-5-6-11(13)7-10/h3-4,10-11H,5-9H2,1-2H3/b4-3+. The number of hydrogen-bond acceptors (Lipinski definition) is 1. The van der Waals surface area contributed by atoms with Crippen molar-refractivity contribution in [1.82, 2.24) is 0 Å². The van der Waals surface area contributed by atoms with Crippen molar-refractivity contribution in [3.05, 3.63) is 12.2 Å². The average molecular weight is 192 g/mol. The number of carbonyl (C=O) groups is 1. The molecule has 0 saturated heterocycles. The molecular formula is C13H20O. The van der Waals surface area contributed by atoms with Crippen LogP contribution in [-0.4, -0.2) is 5.78 Å². The van der Waals surface area contributed by atoms with E-state index in [-0.39, 0.29) is 0 Å².